The predicted octanol–water partition coefficient (Wildman–Crippen LogP) is 5.56. The van der Waals surface area contributed by atoms with Crippen molar-refractivity contribution in [3.05, 3.63) is 59.3 Å². The van der Waals surface area contributed by atoms with Gasteiger partial charge in [0.25, 0.3) is 0 Å². The van der Waals surface area contributed by atoms with Crippen molar-refractivity contribution in [2.24, 2.45) is 0 Å². The number of alkyl halides is 3. The third-order valence-electron chi connectivity index (χ3n) is 6.00. The fourth-order valence-electron chi connectivity index (χ4n) is 4.65. The Bertz CT molecular complexity index is 844. The van der Waals surface area contributed by atoms with Crippen LogP contribution in [0.25, 0.3) is 0 Å². The summed E-state index contributed by atoms with van der Waals surface area (Å²) in [5.41, 5.74) is 3.41. The molecule has 3 atom stereocenters. The maximum atomic E-state index is 13.3. The molecule has 2 fully saturated rings. The quantitative estimate of drug-likeness (QED) is 0.722. The second-order valence-corrected chi connectivity index (χ2v) is 7.80. The van der Waals surface area contributed by atoms with Gasteiger partial charge in [0.15, 0.2) is 0 Å². The molecule has 1 aromatic carbocycles. The van der Waals surface area contributed by atoms with Crippen LogP contribution >= 0.6 is 0 Å². The molecule has 1 saturated carbocycles. The SMILES string of the molecule is CCOc1ncc(C(F)(F)F)cc1[C@@H]1C[C@@]2(CCCC[C@H]2c2ccccc2)ON1. The van der Waals surface area contributed by atoms with Crippen LogP contribution in [-0.4, -0.2) is 17.2 Å². The number of hydroxylamine groups is 1. The largest absolute Gasteiger partial charge is 0.478 e. The second kappa shape index (κ2) is 7.95. The molecule has 1 spiro atoms. The molecule has 1 aliphatic heterocycles. The van der Waals surface area contributed by atoms with E-state index < -0.39 is 23.4 Å². The standard InChI is InChI=1S/C22H25F3N2O2/c1-2-28-20-17(12-16(14-26-20)22(23,24)25)19-13-21(29-27-19)11-7-6-10-18(21)15-8-4-3-5-9-15/h3-5,8-9,12,14,18-19,27H,2,6-7,10-11,13H2,1H3/t18-,19-,21+/m0/s1. The van der Waals surface area contributed by atoms with Gasteiger partial charge in [0.05, 0.1) is 23.8 Å². The van der Waals surface area contributed by atoms with Crippen LogP contribution in [0.4, 0.5) is 13.2 Å². The van der Waals surface area contributed by atoms with Gasteiger partial charge >= 0.3 is 6.18 Å². The van der Waals surface area contributed by atoms with E-state index in [1.807, 2.05) is 18.2 Å². The van der Waals surface area contributed by atoms with E-state index in [1.54, 1.807) is 6.92 Å². The zero-order valence-corrected chi connectivity index (χ0v) is 16.3. The topological polar surface area (TPSA) is 43.4 Å². The number of nitrogens with zero attached hydrogens (tertiary/aromatic N) is 1. The summed E-state index contributed by atoms with van der Waals surface area (Å²) < 4.78 is 45.3. The summed E-state index contributed by atoms with van der Waals surface area (Å²) in [4.78, 5) is 10.1. The highest BCUT2D eigenvalue weighted by Crippen LogP contribution is 2.51. The van der Waals surface area contributed by atoms with Gasteiger partial charge in [-0.05, 0) is 31.4 Å². The first-order chi connectivity index (χ1) is 13.9. The lowest BCUT2D eigenvalue weighted by Gasteiger charge is -2.40. The Morgan fingerprint density at radius 3 is 2.76 bits per heavy atom. The smallest absolute Gasteiger partial charge is 0.417 e. The number of benzene rings is 1. The molecule has 7 heteroatoms. The molecule has 156 valence electrons. The summed E-state index contributed by atoms with van der Waals surface area (Å²) in [6, 6.07) is 11.0. The van der Waals surface area contributed by atoms with Crippen LogP contribution in [0.1, 0.15) is 67.7 Å². The van der Waals surface area contributed by atoms with Gasteiger partial charge in [-0.25, -0.2) is 4.98 Å². The van der Waals surface area contributed by atoms with Gasteiger partial charge in [-0.1, -0.05) is 43.2 Å². The van der Waals surface area contributed by atoms with Crippen molar-refractivity contribution in [1.29, 1.82) is 0 Å². The van der Waals surface area contributed by atoms with E-state index in [2.05, 4.69) is 22.6 Å². The lowest BCUT2D eigenvalue weighted by Crippen LogP contribution is -2.39. The van der Waals surface area contributed by atoms with E-state index in [1.165, 1.54) is 5.56 Å². The molecular weight excluding hydrogens is 381 g/mol. The molecule has 0 amide bonds. The van der Waals surface area contributed by atoms with Crippen LogP contribution in [0.3, 0.4) is 0 Å². The summed E-state index contributed by atoms with van der Waals surface area (Å²) >= 11 is 0. The van der Waals surface area contributed by atoms with Crippen LogP contribution in [0, 0.1) is 0 Å². The van der Waals surface area contributed by atoms with Crippen LogP contribution in [0.15, 0.2) is 42.6 Å². The number of aromatic nitrogens is 1. The van der Waals surface area contributed by atoms with E-state index >= 15 is 0 Å². The summed E-state index contributed by atoms with van der Waals surface area (Å²) in [7, 11) is 0. The molecule has 1 aromatic heterocycles. The van der Waals surface area contributed by atoms with Crippen molar-refractivity contribution < 1.29 is 22.7 Å². The minimum absolute atomic E-state index is 0.198. The predicted molar refractivity (Wildman–Crippen MR) is 102 cm³/mol. The zero-order valence-electron chi connectivity index (χ0n) is 16.3. The van der Waals surface area contributed by atoms with Crippen LogP contribution in [0.2, 0.25) is 0 Å². The lowest BCUT2D eigenvalue weighted by molar-refractivity contribution is -0.138. The van der Waals surface area contributed by atoms with Crippen LogP contribution < -0.4 is 10.2 Å². The highest BCUT2D eigenvalue weighted by Gasteiger charge is 2.50. The first-order valence-corrected chi connectivity index (χ1v) is 10.1. The van der Waals surface area contributed by atoms with Crippen molar-refractivity contribution in [2.75, 3.05) is 6.61 Å². The fraction of sp³-hybridized carbons (Fsp3) is 0.500. The van der Waals surface area contributed by atoms with Crippen molar-refractivity contribution in [1.82, 2.24) is 10.5 Å². The van der Waals surface area contributed by atoms with Gasteiger partial charge in [0, 0.05) is 24.1 Å². The number of nitrogens with one attached hydrogen (secondary N) is 1. The zero-order chi connectivity index (χ0) is 20.5. The number of hydrogen-bond donors (Lipinski definition) is 1. The van der Waals surface area contributed by atoms with Crippen molar-refractivity contribution in [3.63, 3.8) is 0 Å². The molecule has 1 saturated heterocycles. The average Bonchev–Trinajstić information content (AvgIpc) is 3.13. The Balaban J connectivity index is 1.66. The molecule has 0 unspecified atom stereocenters. The molecule has 0 radical (unpaired) electrons. The van der Waals surface area contributed by atoms with Gasteiger partial charge in [0.1, 0.15) is 0 Å². The summed E-state index contributed by atoms with van der Waals surface area (Å²) in [5, 5.41) is 0. The number of pyridine rings is 1. The van der Waals surface area contributed by atoms with Gasteiger partial charge in [0.2, 0.25) is 5.88 Å². The molecule has 0 bridgehead atoms. The fourth-order valence-corrected chi connectivity index (χ4v) is 4.65. The molecule has 29 heavy (non-hydrogen) atoms. The molecule has 4 rings (SSSR count). The first-order valence-electron chi connectivity index (χ1n) is 10.1. The van der Waals surface area contributed by atoms with Gasteiger partial charge in [-0.3, -0.25) is 4.84 Å². The number of halogens is 3. The average molecular weight is 406 g/mol. The number of ether oxygens (including phenoxy) is 1. The van der Waals surface area contributed by atoms with Crippen LogP contribution in [-0.2, 0) is 11.0 Å². The van der Waals surface area contributed by atoms with E-state index in [9.17, 15) is 13.2 Å². The maximum Gasteiger partial charge on any atom is 0.417 e. The van der Waals surface area contributed by atoms with Gasteiger partial charge < -0.3 is 4.74 Å². The molecule has 1 aliphatic carbocycles. The molecule has 2 heterocycles. The molecule has 1 N–H and O–H groups in total. The number of rotatable bonds is 4. The molecule has 2 aromatic rings. The Labute approximate surface area is 168 Å². The van der Waals surface area contributed by atoms with Crippen molar-refractivity contribution >= 4 is 0 Å². The van der Waals surface area contributed by atoms with E-state index in [-0.39, 0.29) is 11.8 Å². The second-order valence-electron chi connectivity index (χ2n) is 7.80. The Morgan fingerprint density at radius 2 is 2.03 bits per heavy atom. The highest BCUT2D eigenvalue weighted by molar-refractivity contribution is 5.36. The summed E-state index contributed by atoms with van der Waals surface area (Å²) in [6.45, 7) is 2.12. The van der Waals surface area contributed by atoms with Crippen molar-refractivity contribution in [3.8, 4) is 5.88 Å². The van der Waals surface area contributed by atoms with Crippen LogP contribution in [0.5, 0.6) is 5.88 Å². The monoisotopic (exact) mass is 406 g/mol. The Morgan fingerprint density at radius 1 is 1.24 bits per heavy atom. The number of hydrogen-bond acceptors (Lipinski definition) is 4. The Kier molecular flexibility index (Phi) is 5.53. The highest BCUT2D eigenvalue weighted by atomic mass is 19.4. The Hall–Kier alpha value is -2.12. The normalized spacial score (nSPS) is 27.3. The van der Waals surface area contributed by atoms with Gasteiger partial charge in [-0.2, -0.15) is 18.7 Å². The summed E-state index contributed by atoms with van der Waals surface area (Å²) in [6.07, 6.45) is 0.968. The maximum absolute atomic E-state index is 13.3. The minimum atomic E-state index is -4.46. The lowest BCUT2D eigenvalue weighted by atomic mass is 9.69. The first kappa shape index (κ1) is 20.2. The van der Waals surface area contributed by atoms with E-state index in [0.29, 0.717) is 18.6 Å². The van der Waals surface area contributed by atoms with E-state index in [4.69, 9.17) is 9.57 Å². The molecular formula is C22H25F3N2O2. The third-order valence-corrected chi connectivity index (χ3v) is 6.00. The third kappa shape index (κ3) is 3.98. The molecule has 4 nitrogen and oxygen atoms in total. The molecule has 2 aliphatic rings. The summed E-state index contributed by atoms with van der Waals surface area (Å²) in [5.74, 6) is 0.426. The minimum Gasteiger partial charge on any atom is -0.478 e. The van der Waals surface area contributed by atoms with E-state index in [0.717, 1.165) is 37.9 Å². The van der Waals surface area contributed by atoms with Gasteiger partial charge in [-0.15, -0.1) is 0 Å². The van der Waals surface area contributed by atoms with Crippen molar-refractivity contribution in [2.45, 2.75) is 62.8 Å².